The van der Waals surface area contributed by atoms with Gasteiger partial charge in [0, 0.05) is 10.9 Å². The predicted octanol–water partition coefficient (Wildman–Crippen LogP) is 3.10. The van der Waals surface area contributed by atoms with E-state index in [2.05, 4.69) is 10.3 Å². The molecule has 2 aromatic rings. The first-order valence-corrected chi connectivity index (χ1v) is 10.3. The van der Waals surface area contributed by atoms with E-state index >= 15 is 0 Å². The molecule has 0 unspecified atom stereocenters. The number of likely N-dealkylation sites (tertiary alicyclic amines) is 1. The van der Waals surface area contributed by atoms with E-state index in [1.807, 2.05) is 41.8 Å². The van der Waals surface area contributed by atoms with Gasteiger partial charge in [0.25, 0.3) is 0 Å². The summed E-state index contributed by atoms with van der Waals surface area (Å²) in [6.07, 6.45) is 4.96. The second-order valence-electron chi connectivity index (χ2n) is 7.13. The Balaban J connectivity index is 1.45. The van der Waals surface area contributed by atoms with E-state index < -0.39 is 11.9 Å². The topological polar surface area (TPSA) is 88.6 Å². The number of thiazole rings is 1. The van der Waals surface area contributed by atoms with E-state index in [-0.39, 0.29) is 23.7 Å². The van der Waals surface area contributed by atoms with Crippen LogP contribution in [0, 0.1) is 11.8 Å². The maximum Gasteiger partial charge on any atom is 0.249 e. The summed E-state index contributed by atoms with van der Waals surface area (Å²) in [7, 11) is 1.61. The van der Waals surface area contributed by atoms with Crippen LogP contribution in [0.4, 0.5) is 5.13 Å². The van der Waals surface area contributed by atoms with Gasteiger partial charge in [0.15, 0.2) is 5.13 Å². The quantitative estimate of drug-likeness (QED) is 0.603. The van der Waals surface area contributed by atoms with E-state index in [0.717, 1.165) is 21.9 Å². The molecular formula is C21H21N3O4S. The Labute approximate surface area is 172 Å². The molecule has 1 saturated heterocycles. The lowest BCUT2D eigenvalue weighted by molar-refractivity contribution is -0.146. The monoisotopic (exact) mass is 411 g/mol. The van der Waals surface area contributed by atoms with Crippen LogP contribution in [-0.4, -0.2) is 40.8 Å². The van der Waals surface area contributed by atoms with Crippen molar-refractivity contribution >= 4 is 34.2 Å². The van der Waals surface area contributed by atoms with E-state index in [4.69, 9.17) is 4.74 Å². The Morgan fingerprint density at radius 3 is 2.38 bits per heavy atom. The van der Waals surface area contributed by atoms with Gasteiger partial charge in [-0.15, -0.1) is 11.3 Å². The van der Waals surface area contributed by atoms with Crippen LogP contribution < -0.4 is 10.1 Å². The number of carbonyl (C=O) groups is 3. The van der Waals surface area contributed by atoms with Gasteiger partial charge < -0.3 is 10.1 Å². The van der Waals surface area contributed by atoms with Crippen LogP contribution in [-0.2, 0) is 14.4 Å². The lowest BCUT2D eigenvalue weighted by atomic mass is 9.85. The molecule has 1 fully saturated rings. The molecule has 0 radical (unpaired) electrons. The molecule has 0 bridgehead atoms. The summed E-state index contributed by atoms with van der Waals surface area (Å²) in [4.78, 5) is 43.6. The molecule has 4 rings (SSSR count). The third-order valence-electron chi connectivity index (χ3n) is 5.43. The average Bonchev–Trinajstić information content (AvgIpc) is 3.31. The third kappa shape index (κ3) is 3.55. The van der Waals surface area contributed by atoms with Gasteiger partial charge >= 0.3 is 0 Å². The molecule has 2 aliphatic rings. The molecule has 7 nitrogen and oxygen atoms in total. The Morgan fingerprint density at radius 2 is 1.79 bits per heavy atom. The number of aromatic nitrogens is 1. The molecule has 1 N–H and O–H groups in total. The highest BCUT2D eigenvalue weighted by molar-refractivity contribution is 7.14. The van der Waals surface area contributed by atoms with Crippen LogP contribution in [0.25, 0.3) is 11.3 Å². The van der Waals surface area contributed by atoms with Crippen molar-refractivity contribution < 1.29 is 19.1 Å². The Morgan fingerprint density at radius 1 is 1.17 bits per heavy atom. The molecule has 0 saturated carbocycles. The number of methoxy groups -OCH3 is 1. The first kappa shape index (κ1) is 19.3. The van der Waals surface area contributed by atoms with Crippen molar-refractivity contribution in [1.82, 2.24) is 9.88 Å². The molecule has 1 aromatic heterocycles. The number of nitrogens with zero attached hydrogens (tertiary/aromatic N) is 2. The molecule has 8 heteroatoms. The lowest BCUT2D eigenvalue weighted by Crippen LogP contribution is -2.46. The van der Waals surface area contributed by atoms with Gasteiger partial charge in [-0.25, -0.2) is 4.98 Å². The predicted molar refractivity (Wildman–Crippen MR) is 109 cm³/mol. The summed E-state index contributed by atoms with van der Waals surface area (Å²) >= 11 is 1.29. The standard InChI is InChI=1S/C21H21N3O4S/c1-12(24-19(26)15-5-3-4-6-16(15)20(24)27)18(25)23-21-22-17(11-29-21)13-7-9-14(28-2)10-8-13/h3-4,7-12,15-16H,5-6H2,1-2H3,(H,22,23,25)/t12-,15+,16+/m0/s1. The van der Waals surface area contributed by atoms with Gasteiger partial charge in [-0.05, 0) is 44.0 Å². The highest BCUT2D eigenvalue weighted by atomic mass is 32.1. The first-order valence-electron chi connectivity index (χ1n) is 9.42. The Hall–Kier alpha value is -3.00. The Bertz CT molecular complexity index is 956. The van der Waals surface area contributed by atoms with Crippen molar-refractivity contribution in [3.63, 3.8) is 0 Å². The van der Waals surface area contributed by atoms with Crippen molar-refractivity contribution in [1.29, 1.82) is 0 Å². The molecule has 1 aromatic carbocycles. The van der Waals surface area contributed by atoms with E-state index in [1.165, 1.54) is 11.3 Å². The van der Waals surface area contributed by atoms with Gasteiger partial charge in [0.2, 0.25) is 17.7 Å². The summed E-state index contributed by atoms with van der Waals surface area (Å²) in [5.41, 5.74) is 1.63. The van der Waals surface area contributed by atoms with Crippen molar-refractivity contribution in [2.45, 2.75) is 25.8 Å². The molecule has 1 aliphatic heterocycles. The zero-order valence-corrected chi connectivity index (χ0v) is 16.9. The summed E-state index contributed by atoms with van der Waals surface area (Å²) in [5, 5.41) is 5.00. The van der Waals surface area contributed by atoms with Crippen LogP contribution >= 0.6 is 11.3 Å². The number of carbonyl (C=O) groups excluding carboxylic acids is 3. The molecule has 0 spiro atoms. The van der Waals surface area contributed by atoms with E-state index in [0.29, 0.717) is 18.0 Å². The lowest BCUT2D eigenvalue weighted by Gasteiger charge is -2.21. The first-order chi connectivity index (χ1) is 14.0. The minimum Gasteiger partial charge on any atom is -0.497 e. The summed E-state index contributed by atoms with van der Waals surface area (Å²) in [6.45, 7) is 1.58. The maximum absolute atomic E-state index is 12.7. The van der Waals surface area contributed by atoms with E-state index in [1.54, 1.807) is 14.0 Å². The van der Waals surface area contributed by atoms with Crippen LogP contribution in [0.3, 0.4) is 0 Å². The number of nitrogens with one attached hydrogen (secondary N) is 1. The number of anilines is 1. The third-order valence-corrected chi connectivity index (χ3v) is 6.19. The van der Waals surface area contributed by atoms with Crippen LogP contribution in [0.1, 0.15) is 19.8 Å². The molecule has 3 amide bonds. The average molecular weight is 411 g/mol. The second kappa shape index (κ2) is 7.79. The fourth-order valence-corrected chi connectivity index (χ4v) is 4.48. The van der Waals surface area contributed by atoms with Crippen molar-refractivity contribution in [2.24, 2.45) is 11.8 Å². The molecule has 150 valence electrons. The molecule has 2 heterocycles. The van der Waals surface area contributed by atoms with E-state index in [9.17, 15) is 14.4 Å². The molecule has 1 aliphatic carbocycles. The number of rotatable bonds is 5. The number of ether oxygens (including phenoxy) is 1. The molecule has 29 heavy (non-hydrogen) atoms. The van der Waals surface area contributed by atoms with Gasteiger partial charge in [0.05, 0.1) is 24.6 Å². The normalized spacial score (nSPS) is 21.8. The molecular weight excluding hydrogens is 390 g/mol. The largest absolute Gasteiger partial charge is 0.497 e. The van der Waals surface area contributed by atoms with Crippen molar-refractivity contribution in [2.75, 3.05) is 12.4 Å². The zero-order chi connectivity index (χ0) is 20.5. The molecule has 3 atom stereocenters. The fourth-order valence-electron chi connectivity index (χ4n) is 3.76. The van der Waals surface area contributed by atoms with Gasteiger partial charge in [-0.3, -0.25) is 19.3 Å². The maximum atomic E-state index is 12.7. The number of imide groups is 1. The highest BCUT2D eigenvalue weighted by Gasteiger charge is 2.50. The van der Waals surface area contributed by atoms with Crippen molar-refractivity contribution in [3.8, 4) is 17.0 Å². The van der Waals surface area contributed by atoms with Crippen LogP contribution in [0.15, 0.2) is 41.8 Å². The summed E-state index contributed by atoms with van der Waals surface area (Å²) in [5.74, 6) is -0.875. The Kier molecular flexibility index (Phi) is 5.19. The van der Waals surface area contributed by atoms with Crippen LogP contribution in [0.2, 0.25) is 0 Å². The number of amides is 3. The number of hydrogen-bond donors (Lipinski definition) is 1. The SMILES string of the molecule is COc1ccc(-c2csc(NC(=O)[C@H](C)N3C(=O)[C@@H]4CC=CC[C@H]4C3=O)n2)cc1. The minimum absolute atomic E-state index is 0.259. The fraction of sp³-hybridized carbons (Fsp3) is 0.333. The smallest absolute Gasteiger partial charge is 0.249 e. The minimum atomic E-state index is -0.881. The number of hydrogen-bond acceptors (Lipinski definition) is 6. The second-order valence-corrected chi connectivity index (χ2v) is 7.99. The van der Waals surface area contributed by atoms with Gasteiger partial charge in [-0.2, -0.15) is 0 Å². The summed E-state index contributed by atoms with van der Waals surface area (Å²) < 4.78 is 5.15. The number of benzene rings is 1. The summed E-state index contributed by atoms with van der Waals surface area (Å²) in [6, 6.07) is 6.58. The highest BCUT2D eigenvalue weighted by Crippen LogP contribution is 2.36. The van der Waals surface area contributed by atoms with Crippen molar-refractivity contribution in [3.05, 3.63) is 41.8 Å². The van der Waals surface area contributed by atoms with Crippen LogP contribution in [0.5, 0.6) is 5.75 Å². The zero-order valence-electron chi connectivity index (χ0n) is 16.1. The number of fused-ring (bicyclic) bond motifs is 1. The van der Waals surface area contributed by atoms with Gasteiger partial charge in [0.1, 0.15) is 11.8 Å². The van der Waals surface area contributed by atoms with Gasteiger partial charge in [-0.1, -0.05) is 12.2 Å². The number of allylic oxidation sites excluding steroid dienone is 2.